The topological polar surface area (TPSA) is 102 Å². The Morgan fingerprint density at radius 3 is 2.41 bits per heavy atom. The molecule has 0 bridgehead atoms. The van der Waals surface area contributed by atoms with Crippen LogP contribution in [0.1, 0.15) is 0 Å². The molecule has 3 rings (SSSR count). The molecule has 0 fully saturated rings. The van der Waals surface area contributed by atoms with Crippen LogP contribution in [0.25, 0.3) is 0 Å². The number of sulfonamides is 1. The van der Waals surface area contributed by atoms with Gasteiger partial charge in [0.15, 0.2) is 13.2 Å². The van der Waals surface area contributed by atoms with Crippen molar-refractivity contribution in [1.82, 2.24) is 0 Å². The number of hydrogen-bond donors (Lipinski definition) is 1. The van der Waals surface area contributed by atoms with Crippen LogP contribution in [0.4, 0.5) is 11.4 Å². The second kappa shape index (κ2) is 10.6. The van der Waals surface area contributed by atoms with Crippen molar-refractivity contribution < 1.29 is 27.5 Å². The lowest BCUT2D eigenvalue weighted by atomic mass is 10.3. The van der Waals surface area contributed by atoms with E-state index in [4.69, 9.17) is 9.47 Å². The van der Waals surface area contributed by atoms with Crippen molar-refractivity contribution in [3.8, 4) is 5.75 Å². The maximum atomic E-state index is 12.6. The van der Waals surface area contributed by atoms with E-state index in [2.05, 4.69) is 21.2 Å². The Kier molecular flexibility index (Phi) is 7.89. The number of carbonyl (C=O) groups excluding carboxylic acids is 2. The third kappa shape index (κ3) is 6.09. The standard InChI is InChI=1S/C21H19BrN2O6S2/c1-24(32(27,28)21-7-4-12-31-21)15-8-10-16(11-9-15)29-14-20(26)30-13-19(25)23-18-6-3-2-5-17(18)22/h2-12H,13-14H2,1H3,(H,23,25). The summed E-state index contributed by atoms with van der Waals surface area (Å²) in [6, 6.07) is 16.5. The maximum Gasteiger partial charge on any atom is 0.344 e. The number of anilines is 2. The molecule has 0 aliphatic carbocycles. The second-order valence-electron chi connectivity index (χ2n) is 6.38. The Hall–Kier alpha value is -2.89. The minimum atomic E-state index is -3.63. The molecular weight excluding hydrogens is 520 g/mol. The fourth-order valence-corrected chi connectivity index (χ4v) is 5.26. The molecule has 2 aromatic carbocycles. The van der Waals surface area contributed by atoms with Gasteiger partial charge in [0, 0.05) is 11.5 Å². The molecule has 8 nitrogen and oxygen atoms in total. The lowest BCUT2D eigenvalue weighted by Gasteiger charge is -2.18. The van der Waals surface area contributed by atoms with Crippen LogP contribution in [0.15, 0.2) is 74.7 Å². The third-order valence-corrected chi connectivity index (χ3v) is 8.03. The van der Waals surface area contributed by atoms with Crippen LogP contribution in [0.3, 0.4) is 0 Å². The fourth-order valence-electron chi connectivity index (χ4n) is 2.52. The number of carbonyl (C=O) groups is 2. The molecule has 0 aliphatic rings. The van der Waals surface area contributed by atoms with Gasteiger partial charge in [-0.15, -0.1) is 11.3 Å². The van der Waals surface area contributed by atoms with Crippen molar-refractivity contribution in [2.45, 2.75) is 4.21 Å². The SMILES string of the molecule is CN(c1ccc(OCC(=O)OCC(=O)Nc2ccccc2Br)cc1)S(=O)(=O)c1cccs1. The fraction of sp³-hybridized carbons (Fsp3) is 0.143. The highest BCUT2D eigenvalue weighted by Gasteiger charge is 2.22. The van der Waals surface area contributed by atoms with Gasteiger partial charge < -0.3 is 14.8 Å². The van der Waals surface area contributed by atoms with E-state index >= 15 is 0 Å². The van der Waals surface area contributed by atoms with Gasteiger partial charge >= 0.3 is 5.97 Å². The quantitative estimate of drug-likeness (QED) is 0.414. The molecule has 0 radical (unpaired) electrons. The number of thiophene rings is 1. The number of nitrogens with zero attached hydrogens (tertiary/aromatic N) is 1. The van der Waals surface area contributed by atoms with E-state index in [1.165, 1.54) is 11.4 Å². The minimum Gasteiger partial charge on any atom is -0.482 e. The van der Waals surface area contributed by atoms with Gasteiger partial charge in [0.05, 0.1) is 11.4 Å². The lowest BCUT2D eigenvalue weighted by molar-refractivity contribution is -0.149. The van der Waals surface area contributed by atoms with E-state index < -0.39 is 35.1 Å². The van der Waals surface area contributed by atoms with Crippen molar-refractivity contribution in [3.05, 3.63) is 70.5 Å². The number of benzene rings is 2. The molecule has 3 aromatic rings. The van der Waals surface area contributed by atoms with Crippen LogP contribution in [-0.2, 0) is 24.3 Å². The number of rotatable bonds is 9. The van der Waals surface area contributed by atoms with Crippen molar-refractivity contribution >= 4 is 60.5 Å². The smallest absolute Gasteiger partial charge is 0.344 e. The van der Waals surface area contributed by atoms with E-state index in [0.29, 0.717) is 21.6 Å². The van der Waals surface area contributed by atoms with E-state index in [-0.39, 0.29) is 4.21 Å². The summed E-state index contributed by atoms with van der Waals surface area (Å²) in [5, 5.41) is 4.32. The average Bonchev–Trinajstić information content (AvgIpc) is 3.34. The molecule has 0 saturated heterocycles. The molecule has 0 aliphatic heterocycles. The number of ether oxygens (including phenoxy) is 2. The van der Waals surface area contributed by atoms with Gasteiger partial charge in [-0.05, 0) is 63.8 Å². The predicted molar refractivity (Wildman–Crippen MR) is 126 cm³/mol. The first kappa shape index (κ1) is 23.8. The summed E-state index contributed by atoms with van der Waals surface area (Å²) >= 11 is 4.45. The molecule has 168 valence electrons. The lowest BCUT2D eigenvalue weighted by Crippen LogP contribution is -2.25. The maximum absolute atomic E-state index is 12.6. The molecule has 1 aromatic heterocycles. The molecule has 0 atom stereocenters. The number of esters is 1. The Labute approximate surface area is 197 Å². The zero-order valence-corrected chi connectivity index (χ0v) is 20.1. The van der Waals surface area contributed by atoms with Gasteiger partial charge in [-0.25, -0.2) is 13.2 Å². The highest BCUT2D eigenvalue weighted by Crippen LogP contribution is 2.26. The number of nitrogens with one attached hydrogen (secondary N) is 1. The Morgan fingerprint density at radius 2 is 1.75 bits per heavy atom. The molecular formula is C21H19BrN2O6S2. The highest BCUT2D eigenvalue weighted by atomic mass is 79.9. The van der Waals surface area contributed by atoms with Gasteiger partial charge in [0.25, 0.3) is 15.9 Å². The van der Waals surface area contributed by atoms with Gasteiger partial charge in [0.1, 0.15) is 9.96 Å². The van der Waals surface area contributed by atoms with Crippen LogP contribution in [0, 0.1) is 0 Å². The third-order valence-electron chi connectivity index (χ3n) is 4.18. The van der Waals surface area contributed by atoms with Gasteiger partial charge in [0.2, 0.25) is 0 Å². The summed E-state index contributed by atoms with van der Waals surface area (Å²) in [6.07, 6.45) is 0. The second-order valence-corrected chi connectivity index (χ2v) is 10.4. The number of halogens is 1. The zero-order valence-electron chi connectivity index (χ0n) is 16.9. The summed E-state index contributed by atoms with van der Waals surface area (Å²) in [6.45, 7) is -0.848. The van der Waals surface area contributed by atoms with Crippen molar-refractivity contribution in [2.24, 2.45) is 0 Å². The first-order chi connectivity index (χ1) is 15.3. The number of hydrogen-bond acceptors (Lipinski definition) is 7. The van der Waals surface area contributed by atoms with E-state index in [1.54, 1.807) is 60.0 Å². The summed E-state index contributed by atoms with van der Waals surface area (Å²) < 4.78 is 37.5. The van der Waals surface area contributed by atoms with Crippen LogP contribution in [-0.4, -0.2) is 40.6 Å². The first-order valence-electron chi connectivity index (χ1n) is 9.22. The monoisotopic (exact) mass is 538 g/mol. The highest BCUT2D eigenvalue weighted by molar-refractivity contribution is 9.10. The minimum absolute atomic E-state index is 0.242. The van der Waals surface area contributed by atoms with Gasteiger partial charge in [-0.3, -0.25) is 9.10 Å². The van der Waals surface area contributed by atoms with Crippen LogP contribution in [0.2, 0.25) is 0 Å². The summed E-state index contributed by atoms with van der Waals surface area (Å²) in [7, 11) is -2.17. The number of amides is 1. The molecule has 1 N–H and O–H groups in total. The van der Waals surface area contributed by atoms with Crippen molar-refractivity contribution in [3.63, 3.8) is 0 Å². The van der Waals surface area contributed by atoms with Gasteiger partial charge in [-0.1, -0.05) is 18.2 Å². The molecule has 11 heteroatoms. The first-order valence-corrected chi connectivity index (χ1v) is 12.3. The van der Waals surface area contributed by atoms with Crippen molar-refractivity contribution in [1.29, 1.82) is 0 Å². The summed E-state index contributed by atoms with van der Waals surface area (Å²) in [5.74, 6) is -0.844. The molecule has 0 spiro atoms. The zero-order chi connectivity index (χ0) is 23.1. The Balaban J connectivity index is 1.47. The van der Waals surface area contributed by atoms with Crippen LogP contribution >= 0.6 is 27.3 Å². The average molecular weight is 539 g/mol. The van der Waals surface area contributed by atoms with E-state index in [9.17, 15) is 18.0 Å². The Bertz CT molecular complexity index is 1180. The Morgan fingerprint density at radius 1 is 1.03 bits per heavy atom. The molecule has 1 heterocycles. The normalized spacial score (nSPS) is 10.9. The summed E-state index contributed by atoms with van der Waals surface area (Å²) in [4.78, 5) is 23.8. The molecule has 0 saturated carbocycles. The van der Waals surface area contributed by atoms with E-state index in [1.807, 2.05) is 6.07 Å². The van der Waals surface area contributed by atoms with Gasteiger partial charge in [-0.2, -0.15) is 0 Å². The van der Waals surface area contributed by atoms with Crippen LogP contribution in [0.5, 0.6) is 5.75 Å². The van der Waals surface area contributed by atoms with Crippen molar-refractivity contribution in [2.75, 3.05) is 29.9 Å². The summed E-state index contributed by atoms with van der Waals surface area (Å²) in [5.41, 5.74) is 1.01. The molecule has 1 amide bonds. The predicted octanol–water partition coefficient (Wildman–Crippen LogP) is 3.90. The molecule has 32 heavy (non-hydrogen) atoms. The molecule has 0 unspecified atom stereocenters. The van der Waals surface area contributed by atoms with Crippen LogP contribution < -0.4 is 14.4 Å². The van der Waals surface area contributed by atoms with E-state index in [0.717, 1.165) is 11.3 Å². The largest absolute Gasteiger partial charge is 0.482 e. The number of para-hydroxylation sites is 1.